The Kier molecular flexibility index (Phi) is 5.03. The molecule has 5 rings (SSSR count). The lowest BCUT2D eigenvalue weighted by atomic mass is 10.1. The van der Waals surface area contributed by atoms with Gasteiger partial charge in [0.2, 0.25) is 0 Å². The predicted molar refractivity (Wildman–Crippen MR) is 130 cm³/mol. The minimum absolute atomic E-state index is 0.215. The van der Waals surface area contributed by atoms with Crippen LogP contribution in [0.5, 0.6) is 0 Å². The number of hydrogen-bond acceptors (Lipinski definition) is 6. The molecule has 6 nitrogen and oxygen atoms in total. The van der Waals surface area contributed by atoms with E-state index in [2.05, 4.69) is 9.97 Å². The number of anilines is 1. The monoisotopic (exact) mass is 460 g/mol. The van der Waals surface area contributed by atoms with E-state index in [4.69, 9.17) is 0 Å². The Balaban J connectivity index is 1.71. The molecule has 0 amide bonds. The van der Waals surface area contributed by atoms with Gasteiger partial charge in [-0.05, 0) is 35.9 Å². The van der Waals surface area contributed by atoms with E-state index in [1.54, 1.807) is 48.9 Å². The van der Waals surface area contributed by atoms with E-state index >= 15 is 0 Å². The Morgan fingerprint density at radius 3 is 2.34 bits per heavy atom. The Morgan fingerprint density at radius 2 is 1.69 bits per heavy atom. The Bertz CT molecular complexity index is 1490. The van der Waals surface area contributed by atoms with Crippen LogP contribution in [0.2, 0.25) is 0 Å². The molecule has 0 aliphatic heterocycles. The predicted octanol–water partition coefficient (Wildman–Crippen LogP) is 5.13. The van der Waals surface area contributed by atoms with Crippen molar-refractivity contribution < 1.29 is 8.42 Å². The molecule has 5 aromatic rings. The molecule has 0 aliphatic carbocycles. The maximum atomic E-state index is 13.4. The Morgan fingerprint density at radius 1 is 0.938 bits per heavy atom. The summed E-state index contributed by atoms with van der Waals surface area (Å²) in [5.41, 5.74) is 4.15. The van der Waals surface area contributed by atoms with Crippen LogP contribution in [0.1, 0.15) is 0 Å². The van der Waals surface area contributed by atoms with Gasteiger partial charge in [0, 0.05) is 60.3 Å². The van der Waals surface area contributed by atoms with Crippen molar-refractivity contribution in [1.82, 2.24) is 13.9 Å². The van der Waals surface area contributed by atoms with E-state index < -0.39 is 10.0 Å². The molecule has 3 heterocycles. The zero-order valence-corrected chi connectivity index (χ0v) is 19.1. The van der Waals surface area contributed by atoms with Gasteiger partial charge in [-0.2, -0.15) is 0 Å². The largest absolute Gasteiger partial charge is 0.378 e. The highest BCUT2D eigenvalue weighted by molar-refractivity contribution is 7.90. The lowest BCUT2D eigenvalue weighted by Gasteiger charge is -2.12. The summed E-state index contributed by atoms with van der Waals surface area (Å²) in [5, 5.41) is 3.37. The van der Waals surface area contributed by atoms with Gasteiger partial charge in [-0.1, -0.05) is 30.3 Å². The van der Waals surface area contributed by atoms with Gasteiger partial charge < -0.3 is 4.90 Å². The number of aromatic nitrogens is 3. The van der Waals surface area contributed by atoms with E-state index in [0.717, 1.165) is 32.8 Å². The molecule has 0 unspecified atom stereocenters. The molecular formula is C24H20N4O2S2. The Hall–Kier alpha value is -3.49. The number of thiazole rings is 1. The van der Waals surface area contributed by atoms with Crippen molar-refractivity contribution in [2.45, 2.75) is 4.90 Å². The maximum absolute atomic E-state index is 13.4. The zero-order valence-electron chi connectivity index (χ0n) is 17.5. The number of hydrogen-bond donors (Lipinski definition) is 0. The molecule has 0 saturated heterocycles. The molecule has 3 aromatic heterocycles. The van der Waals surface area contributed by atoms with Crippen molar-refractivity contribution in [3.63, 3.8) is 0 Å². The molecule has 0 radical (unpaired) electrons. The van der Waals surface area contributed by atoms with Crippen LogP contribution in [0.4, 0.5) is 5.69 Å². The smallest absolute Gasteiger partial charge is 0.269 e. The van der Waals surface area contributed by atoms with Gasteiger partial charge in [-0.25, -0.2) is 22.4 Å². The first kappa shape index (κ1) is 20.4. The first-order chi connectivity index (χ1) is 15.4. The summed E-state index contributed by atoms with van der Waals surface area (Å²) in [7, 11) is 0.195. The van der Waals surface area contributed by atoms with Crippen molar-refractivity contribution in [2.75, 3.05) is 19.0 Å². The first-order valence-electron chi connectivity index (χ1n) is 9.94. The minimum atomic E-state index is -3.80. The normalized spacial score (nSPS) is 11.7. The highest BCUT2D eigenvalue weighted by atomic mass is 32.2. The topological polar surface area (TPSA) is 68.1 Å². The molecule has 0 fully saturated rings. The first-order valence-corrected chi connectivity index (χ1v) is 12.3. The third-order valence-electron chi connectivity index (χ3n) is 5.29. The summed E-state index contributed by atoms with van der Waals surface area (Å²) in [5.74, 6) is 0. The fourth-order valence-electron chi connectivity index (χ4n) is 3.61. The number of rotatable bonds is 5. The fraction of sp³-hybridized carbons (Fsp3) is 0.0833. The average Bonchev–Trinajstić information content (AvgIpc) is 3.47. The summed E-state index contributed by atoms with van der Waals surface area (Å²) in [6, 6.07) is 18.6. The van der Waals surface area contributed by atoms with Crippen LogP contribution >= 0.6 is 11.3 Å². The van der Waals surface area contributed by atoms with Crippen LogP contribution in [-0.2, 0) is 10.0 Å². The van der Waals surface area contributed by atoms with E-state index in [9.17, 15) is 8.42 Å². The minimum Gasteiger partial charge on any atom is -0.378 e. The van der Waals surface area contributed by atoms with Gasteiger partial charge in [0.1, 0.15) is 5.01 Å². The van der Waals surface area contributed by atoms with Crippen LogP contribution in [0.3, 0.4) is 0 Å². The molecule has 0 spiro atoms. The molecule has 0 bridgehead atoms. The number of nitrogens with zero attached hydrogens (tertiary/aromatic N) is 4. The summed E-state index contributed by atoms with van der Waals surface area (Å²) in [6.07, 6.45) is 5.06. The van der Waals surface area contributed by atoms with Gasteiger partial charge >= 0.3 is 0 Å². The molecule has 0 aliphatic rings. The number of benzene rings is 2. The van der Waals surface area contributed by atoms with Gasteiger partial charge in [-0.15, -0.1) is 11.3 Å². The summed E-state index contributed by atoms with van der Waals surface area (Å²) in [6.45, 7) is 0. The van der Waals surface area contributed by atoms with Crippen molar-refractivity contribution in [3.05, 3.63) is 84.6 Å². The molecule has 8 heteroatoms. The standard InChI is InChI=1S/C24H20N4O2S2/c1-27(2)19-10-8-17(9-11-19)18-14-21-22(24-25-12-13-31-24)16-28(23(21)26-15-18)32(29,30)20-6-4-3-5-7-20/h3-16H,1-2H3. The molecule has 0 N–H and O–H groups in total. The third-order valence-corrected chi connectivity index (χ3v) is 7.76. The van der Waals surface area contributed by atoms with Crippen LogP contribution in [0.15, 0.2) is 89.5 Å². The molecule has 160 valence electrons. The summed E-state index contributed by atoms with van der Waals surface area (Å²) in [4.78, 5) is 11.3. The van der Waals surface area contributed by atoms with Gasteiger partial charge in [0.15, 0.2) is 5.65 Å². The van der Waals surface area contributed by atoms with Gasteiger partial charge in [-0.3, -0.25) is 0 Å². The van der Waals surface area contributed by atoms with Gasteiger partial charge in [0.05, 0.1) is 4.90 Å². The van der Waals surface area contributed by atoms with Crippen molar-refractivity contribution in [1.29, 1.82) is 0 Å². The zero-order chi connectivity index (χ0) is 22.3. The quantitative estimate of drug-likeness (QED) is 0.364. The van der Waals surface area contributed by atoms with Gasteiger partial charge in [0.25, 0.3) is 10.0 Å². The molecular weight excluding hydrogens is 440 g/mol. The maximum Gasteiger partial charge on any atom is 0.269 e. The number of fused-ring (bicyclic) bond motifs is 1. The van der Waals surface area contributed by atoms with Crippen molar-refractivity contribution >= 4 is 38.1 Å². The van der Waals surface area contributed by atoms with Crippen molar-refractivity contribution in [3.8, 4) is 21.7 Å². The molecule has 0 saturated carbocycles. The second-order valence-electron chi connectivity index (χ2n) is 7.53. The molecule has 32 heavy (non-hydrogen) atoms. The Labute approximate surface area is 190 Å². The van der Waals surface area contributed by atoms with E-state index in [1.165, 1.54) is 15.3 Å². The highest BCUT2D eigenvalue weighted by Gasteiger charge is 2.23. The van der Waals surface area contributed by atoms with E-state index in [-0.39, 0.29) is 4.90 Å². The fourth-order valence-corrected chi connectivity index (χ4v) is 5.61. The summed E-state index contributed by atoms with van der Waals surface area (Å²) >= 11 is 1.46. The number of pyridine rings is 1. The molecule has 2 aromatic carbocycles. The average molecular weight is 461 g/mol. The third kappa shape index (κ3) is 3.47. The van der Waals surface area contributed by atoms with Crippen LogP contribution in [-0.4, -0.2) is 36.5 Å². The highest BCUT2D eigenvalue weighted by Crippen LogP contribution is 2.35. The molecule has 0 atom stereocenters. The van der Waals surface area contributed by atoms with Crippen LogP contribution in [0, 0.1) is 0 Å². The second kappa shape index (κ2) is 7.89. The van der Waals surface area contributed by atoms with Crippen LogP contribution in [0.25, 0.3) is 32.7 Å². The van der Waals surface area contributed by atoms with E-state index in [0.29, 0.717) is 5.65 Å². The van der Waals surface area contributed by atoms with E-state index in [1.807, 2.05) is 54.7 Å². The SMILES string of the molecule is CN(C)c1ccc(-c2cnc3c(c2)c(-c2nccs2)cn3S(=O)(=O)c2ccccc2)cc1. The van der Waals surface area contributed by atoms with Crippen LogP contribution < -0.4 is 4.90 Å². The lowest BCUT2D eigenvalue weighted by Crippen LogP contribution is -2.12. The van der Waals surface area contributed by atoms with Crippen molar-refractivity contribution in [2.24, 2.45) is 0 Å². The lowest BCUT2D eigenvalue weighted by molar-refractivity contribution is 0.589. The summed E-state index contributed by atoms with van der Waals surface area (Å²) < 4.78 is 28.0. The second-order valence-corrected chi connectivity index (χ2v) is 10.2.